The van der Waals surface area contributed by atoms with Gasteiger partial charge >= 0.3 is 5.97 Å². The summed E-state index contributed by atoms with van der Waals surface area (Å²) < 4.78 is 4.65. The Bertz CT molecular complexity index is 263. The molecule has 1 unspecified atom stereocenters. The summed E-state index contributed by atoms with van der Waals surface area (Å²) in [6.07, 6.45) is 8.75. The number of esters is 1. The van der Waals surface area contributed by atoms with Gasteiger partial charge in [0, 0.05) is 6.92 Å². The normalized spacial score (nSPS) is 11.5. The van der Waals surface area contributed by atoms with E-state index in [4.69, 9.17) is 0 Å². The smallest absolute Gasteiger partial charge is 0.303 e. The Balaban J connectivity index is 3.36. The third-order valence-electron chi connectivity index (χ3n) is 2.70. The van der Waals surface area contributed by atoms with E-state index in [-0.39, 0.29) is 12.6 Å². The first-order chi connectivity index (χ1) is 8.66. The van der Waals surface area contributed by atoms with Gasteiger partial charge in [0.05, 0.1) is 0 Å². The Kier molecular flexibility index (Phi) is 11.7. The summed E-state index contributed by atoms with van der Waals surface area (Å²) in [5.74, 6) is 4.98. The van der Waals surface area contributed by atoms with E-state index in [0.717, 1.165) is 12.8 Å². The van der Waals surface area contributed by atoms with Crippen molar-refractivity contribution in [2.24, 2.45) is 0 Å². The zero-order chi connectivity index (χ0) is 13.6. The van der Waals surface area contributed by atoms with Crippen LogP contribution in [0.5, 0.6) is 0 Å². The Morgan fingerprint density at radius 1 is 1.17 bits per heavy atom. The molecule has 0 aromatic heterocycles. The van der Waals surface area contributed by atoms with E-state index < -0.39 is 6.10 Å². The molecular formula is C15H26O3. The van der Waals surface area contributed by atoms with Crippen LogP contribution in [0.25, 0.3) is 0 Å². The summed E-state index contributed by atoms with van der Waals surface area (Å²) in [5.41, 5.74) is 0. The number of hydrogen-bond acceptors (Lipinski definition) is 3. The fourth-order valence-electron chi connectivity index (χ4n) is 1.66. The summed E-state index contributed by atoms with van der Waals surface area (Å²) in [6.45, 7) is 3.63. The second-order valence-electron chi connectivity index (χ2n) is 4.53. The number of carbonyl (C=O) groups is 1. The average Bonchev–Trinajstić information content (AvgIpc) is 2.33. The summed E-state index contributed by atoms with van der Waals surface area (Å²) >= 11 is 0. The predicted octanol–water partition coefficient (Wildman–Crippen LogP) is 3.05. The largest absolute Gasteiger partial charge is 0.453 e. The van der Waals surface area contributed by atoms with Crippen LogP contribution in [0.3, 0.4) is 0 Å². The van der Waals surface area contributed by atoms with Gasteiger partial charge in [0.25, 0.3) is 0 Å². The van der Waals surface area contributed by atoms with Crippen LogP contribution in [0.1, 0.15) is 65.2 Å². The van der Waals surface area contributed by atoms with Gasteiger partial charge in [0.15, 0.2) is 6.61 Å². The van der Waals surface area contributed by atoms with E-state index in [1.165, 1.54) is 39.0 Å². The molecule has 0 radical (unpaired) electrons. The molecule has 0 aromatic rings. The molecular weight excluding hydrogens is 228 g/mol. The molecule has 104 valence electrons. The summed E-state index contributed by atoms with van der Waals surface area (Å²) in [4.78, 5) is 10.5. The molecule has 1 atom stereocenters. The number of ether oxygens (including phenoxy) is 1. The maximum atomic E-state index is 10.5. The Hall–Kier alpha value is -1.01. The van der Waals surface area contributed by atoms with Gasteiger partial charge in [-0.3, -0.25) is 4.79 Å². The van der Waals surface area contributed by atoms with Crippen molar-refractivity contribution in [2.75, 3.05) is 6.61 Å². The zero-order valence-electron chi connectivity index (χ0n) is 11.7. The number of rotatable bonds is 9. The summed E-state index contributed by atoms with van der Waals surface area (Å²) in [5, 5.41) is 9.54. The van der Waals surface area contributed by atoms with Gasteiger partial charge in [0.2, 0.25) is 0 Å². The van der Waals surface area contributed by atoms with Crippen molar-refractivity contribution >= 4 is 5.97 Å². The number of carbonyl (C=O) groups excluding carboxylic acids is 1. The highest BCUT2D eigenvalue weighted by Gasteiger charge is 1.98. The van der Waals surface area contributed by atoms with E-state index >= 15 is 0 Å². The molecule has 3 heteroatoms. The molecule has 1 N–H and O–H groups in total. The first kappa shape index (κ1) is 17.0. The molecule has 0 aliphatic heterocycles. The van der Waals surface area contributed by atoms with E-state index in [9.17, 15) is 9.90 Å². The first-order valence-electron chi connectivity index (χ1n) is 6.96. The van der Waals surface area contributed by atoms with Crippen LogP contribution >= 0.6 is 0 Å². The van der Waals surface area contributed by atoms with Gasteiger partial charge in [0.1, 0.15) is 6.10 Å². The molecule has 0 spiro atoms. The van der Waals surface area contributed by atoms with Crippen molar-refractivity contribution < 1.29 is 14.6 Å². The maximum absolute atomic E-state index is 10.5. The Morgan fingerprint density at radius 3 is 2.39 bits per heavy atom. The minimum atomic E-state index is -0.587. The van der Waals surface area contributed by atoms with Gasteiger partial charge in [-0.2, -0.15) is 0 Å². The third kappa shape index (κ3) is 13.1. The van der Waals surface area contributed by atoms with Gasteiger partial charge in [-0.1, -0.05) is 57.3 Å². The lowest BCUT2D eigenvalue weighted by Gasteiger charge is -2.03. The fourth-order valence-corrected chi connectivity index (χ4v) is 1.66. The van der Waals surface area contributed by atoms with Crippen molar-refractivity contribution in [1.29, 1.82) is 0 Å². The van der Waals surface area contributed by atoms with Crippen LogP contribution in [0.15, 0.2) is 0 Å². The van der Waals surface area contributed by atoms with Crippen LogP contribution in [0, 0.1) is 11.8 Å². The zero-order valence-corrected chi connectivity index (χ0v) is 11.7. The molecule has 0 aliphatic carbocycles. The van der Waals surface area contributed by atoms with Gasteiger partial charge in [-0.15, -0.1) is 0 Å². The first-order valence-corrected chi connectivity index (χ1v) is 6.96. The standard InChI is InChI=1S/C15H26O3/c1-3-4-5-6-7-8-9-11-15(17)12-10-13-18-14(2)16/h15,17H,3-9,11,13H2,1-2H3. The lowest BCUT2D eigenvalue weighted by molar-refractivity contribution is -0.139. The van der Waals surface area contributed by atoms with Crippen molar-refractivity contribution in [2.45, 2.75) is 71.3 Å². The summed E-state index contributed by atoms with van der Waals surface area (Å²) in [7, 11) is 0. The number of unbranched alkanes of at least 4 members (excludes halogenated alkanes) is 6. The highest BCUT2D eigenvalue weighted by Crippen LogP contribution is 2.09. The quantitative estimate of drug-likeness (QED) is 0.391. The minimum Gasteiger partial charge on any atom is -0.453 e. The highest BCUT2D eigenvalue weighted by atomic mass is 16.5. The molecule has 0 rings (SSSR count). The Morgan fingerprint density at radius 2 is 1.78 bits per heavy atom. The van der Waals surface area contributed by atoms with E-state index in [1.807, 2.05) is 0 Å². The topological polar surface area (TPSA) is 46.5 Å². The Labute approximate surface area is 111 Å². The molecule has 0 saturated heterocycles. The maximum Gasteiger partial charge on any atom is 0.303 e. The lowest BCUT2D eigenvalue weighted by atomic mass is 10.1. The van der Waals surface area contributed by atoms with Crippen molar-refractivity contribution in [3.05, 3.63) is 0 Å². The summed E-state index contributed by atoms with van der Waals surface area (Å²) in [6, 6.07) is 0. The van der Waals surface area contributed by atoms with Crippen molar-refractivity contribution in [3.8, 4) is 11.8 Å². The highest BCUT2D eigenvalue weighted by molar-refractivity contribution is 5.66. The van der Waals surface area contributed by atoms with Crippen LogP contribution < -0.4 is 0 Å². The molecule has 0 heterocycles. The van der Waals surface area contributed by atoms with E-state index in [1.54, 1.807) is 0 Å². The van der Waals surface area contributed by atoms with Crippen LogP contribution in [0.2, 0.25) is 0 Å². The molecule has 18 heavy (non-hydrogen) atoms. The number of hydrogen-bond donors (Lipinski definition) is 1. The van der Waals surface area contributed by atoms with Gasteiger partial charge < -0.3 is 9.84 Å². The molecule has 0 aliphatic rings. The van der Waals surface area contributed by atoms with E-state index in [0.29, 0.717) is 6.42 Å². The van der Waals surface area contributed by atoms with Gasteiger partial charge in [-0.25, -0.2) is 0 Å². The minimum absolute atomic E-state index is 0.0728. The van der Waals surface area contributed by atoms with Gasteiger partial charge in [-0.05, 0) is 12.8 Å². The van der Waals surface area contributed by atoms with Crippen molar-refractivity contribution in [3.63, 3.8) is 0 Å². The predicted molar refractivity (Wildman–Crippen MR) is 73.0 cm³/mol. The monoisotopic (exact) mass is 254 g/mol. The lowest BCUT2D eigenvalue weighted by Crippen LogP contribution is -2.04. The van der Waals surface area contributed by atoms with E-state index in [2.05, 4.69) is 23.5 Å². The second-order valence-corrected chi connectivity index (χ2v) is 4.53. The number of aliphatic hydroxyl groups excluding tert-OH is 1. The van der Waals surface area contributed by atoms with Crippen LogP contribution in [0.4, 0.5) is 0 Å². The molecule has 0 amide bonds. The fraction of sp³-hybridized carbons (Fsp3) is 0.800. The third-order valence-corrected chi connectivity index (χ3v) is 2.70. The van der Waals surface area contributed by atoms with Crippen molar-refractivity contribution in [1.82, 2.24) is 0 Å². The number of aliphatic hydroxyl groups is 1. The molecule has 0 saturated carbocycles. The molecule has 3 nitrogen and oxygen atoms in total. The van der Waals surface area contributed by atoms with Crippen LogP contribution in [-0.2, 0) is 9.53 Å². The molecule has 0 bridgehead atoms. The average molecular weight is 254 g/mol. The van der Waals surface area contributed by atoms with Crippen LogP contribution in [-0.4, -0.2) is 23.8 Å². The second kappa shape index (κ2) is 12.4. The molecule has 0 aromatic carbocycles. The SMILES string of the molecule is CCCCCCCCCC(O)C#CCOC(C)=O. The molecule has 0 fully saturated rings.